The van der Waals surface area contributed by atoms with Crippen LogP contribution in [0.3, 0.4) is 0 Å². The highest BCUT2D eigenvalue weighted by atomic mass is 15.2. The molecule has 1 heterocycles. The Morgan fingerprint density at radius 1 is 1.20 bits per heavy atom. The molecule has 0 amide bonds. The SMILES string of the molecule is CC[C](c1ccccc1C)N1CCCC1. The zero-order valence-electron chi connectivity index (χ0n) is 9.79. The van der Waals surface area contributed by atoms with Gasteiger partial charge in [0, 0.05) is 0 Å². The minimum Gasteiger partial charge on any atom is -0.292 e. The number of benzene rings is 1. The monoisotopic (exact) mass is 202 g/mol. The van der Waals surface area contributed by atoms with Crippen molar-refractivity contribution >= 4 is 0 Å². The molecular formula is C14H20N. The molecule has 1 radical (unpaired) electrons. The Hall–Kier alpha value is -0.820. The Morgan fingerprint density at radius 3 is 2.47 bits per heavy atom. The number of hydrogen-bond donors (Lipinski definition) is 0. The molecule has 81 valence electrons. The van der Waals surface area contributed by atoms with Crippen LogP contribution >= 0.6 is 0 Å². The third-order valence-corrected chi connectivity index (χ3v) is 3.28. The molecule has 1 nitrogen and oxygen atoms in total. The van der Waals surface area contributed by atoms with Crippen LogP contribution in [0.15, 0.2) is 24.3 Å². The molecule has 1 aliphatic rings. The zero-order chi connectivity index (χ0) is 10.7. The Kier molecular flexibility index (Phi) is 3.42. The first-order valence-electron chi connectivity index (χ1n) is 5.99. The van der Waals surface area contributed by atoms with Crippen molar-refractivity contribution in [3.8, 4) is 0 Å². The summed E-state index contributed by atoms with van der Waals surface area (Å²) in [5, 5.41) is 0. The fourth-order valence-corrected chi connectivity index (χ4v) is 2.47. The Labute approximate surface area is 93.1 Å². The maximum absolute atomic E-state index is 2.56. The lowest BCUT2D eigenvalue weighted by Crippen LogP contribution is -2.26. The highest BCUT2D eigenvalue weighted by molar-refractivity contribution is 5.37. The minimum absolute atomic E-state index is 1.14. The van der Waals surface area contributed by atoms with E-state index in [1.54, 1.807) is 0 Å². The fourth-order valence-electron chi connectivity index (χ4n) is 2.47. The largest absolute Gasteiger partial charge is 0.292 e. The zero-order valence-corrected chi connectivity index (χ0v) is 9.79. The second-order valence-electron chi connectivity index (χ2n) is 4.31. The molecule has 15 heavy (non-hydrogen) atoms. The van der Waals surface area contributed by atoms with Gasteiger partial charge in [0.1, 0.15) is 0 Å². The molecule has 1 fully saturated rings. The van der Waals surface area contributed by atoms with Crippen LogP contribution in [0, 0.1) is 13.0 Å². The molecule has 0 aromatic heterocycles. The van der Waals surface area contributed by atoms with Crippen LogP contribution < -0.4 is 0 Å². The predicted octanol–water partition coefficient (Wildman–Crippen LogP) is 3.38. The molecule has 0 saturated carbocycles. The van der Waals surface area contributed by atoms with Crippen molar-refractivity contribution < 1.29 is 0 Å². The minimum atomic E-state index is 1.14. The van der Waals surface area contributed by atoms with Gasteiger partial charge >= 0.3 is 0 Å². The molecule has 0 N–H and O–H groups in total. The van der Waals surface area contributed by atoms with Gasteiger partial charge in [-0.05, 0) is 50.4 Å². The van der Waals surface area contributed by atoms with Gasteiger partial charge in [-0.1, -0.05) is 31.2 Å². The van der Waals surface area contributed by atoms with Gasteiger partial charge in [-0.15, -0.1) is 0 Å². The average Bonchev–Trinajstić information content (AvgIpc) is 2.75. The first kappa shape index (κ1) is 10.7. The van der Waals surface area contributed by atoms with Crippen molar-refractivity contribution in [3.05, 3.63) is 41.4 Å². The van der Waals surface area contributed by atoms with Gasteiger partial charge in [0.25, 0.3) is 0 Å². The first-order chi connectivity index (χ1) is 7.33. The van der Waals surface area contributed by atoms with E-state index in [0.717, 1.165) is 6.42 Å². The summed E-state index contributed by atoms with van der Waals surface area (Å²) in [6.07, 6.45) is 3.86. The summed E-state index contributed by atoms with van der Waals surface area (Å²) in [5.74, 6) is 0. The summed E-state index contributed by atoms with van der Waals surface area (Å²) in [5.41, 5.74) is 2.85. The van der Waals surface area contributed by atoms with Gasteiger partial charge in [-0.3, -0.25) is 4.90 Å². The Balaban J connectivity index is 2.22. The second-order valence-corrected chi connectivity index (χ2v) is 4.31. The third-order valence-electron chi connectivity index (χ3n) is 3.28. The van der Waals surface area contributed by atoms with Crippen molar-refractivity contribution in [1.29, 1.82) is 0 Å². The molecule has 0 spiro atoms. The van der Waals surface area contributed by atoms with E-state index < -0.39 is 0 Å². The summed E-state index contributed by atoms with van der Waals surface area (Å²) >= 11 is 0. The van der Waals surface area contributed by atoms with Crippen molar-refractivity contribution in [3.63, 3.8) is 0 Å². The highest BCUT2D eigenvalue weighted by Crippen LogP contribution is 2.28. The van der Waals surface area contributed by atoms with Gasteiger partial charge in [0.05, 0.1) is 6.04 Å². The highest BCUT2D eigenvalue weighted by Gasteiger charge is 2.23. The smallest absolute Gasteiger partial charge is 0.0688 e. The van der Waals surface area contributed by atoms with Crippen LogP contribution in [0.2, 0.25) is 0 Å². The molecule has 2 rings (SSSR count). The van der Waals surface area contributed by atoms with Gasteiger partial charge in [0.2, 0.25) is 0 Å². The molecule has 1 heteroatoms. The number of likely N-dealkylation sites (tertiary alicyclic amines) is 1. The summed E-state index contributed by atoms with van der Waals surface area (Å²) in [6, 6.07) is 10.3. The predicted molar refractivity (Wildman–Crippen MR) is 64.6 cm³/mol. The molecule has 0 aliphatic carbocycles. The van der Waals surface area contributed by atoms with E-state index in [1.807, 2.05) is 0 Å². The maximum Gasteiger partial charge on any atom is 0.0688 e. The van der Waals surface area contributed by atoms with Gasteiger partial charge in [-0.25, -0.2) is 0 Å². The van der Waals surface area contributed by atoms with Crippen LogP contribution in [0.1, 0.15) is 37.3 Å². The molecule has 1 saturated heterocycles. The van der Waals surface area contributed by atoms with E-state index in [2.05, 4.69) is 43.0 Å². The summed E-state index contributed by atoms with van der Waals surface area (Å²) in [4.78, 5) is 2.56. The summed E-state index contributed by atoms with van der Waals surface area (Å²) < 4.78 is 0. The second kappa shape index (κ2) is 4.80. The number of rotatable bonds is 3. The Bertz CT molecular complexity index is 313. The van der Waals surface area contributed by atoms with Gasteiger partial charge in [-0.2, -0.15) is 0 Å². The van der Waals surface area contributed by atoms with Crippen molar-refractivity contribution in [1.82, 2.24) is 4.90 Å². The third kappa shape index (κ3) is 2.23. The molecule has 0 unspecified atom stereocenters. The van der Waals surface area contributed by atoms with Crippen LogP contribution in [-0.2, 0) is 0 Å². The van der Waals surface area contributed by atoms with E-state index in [9.17, 15) is 0 Å². The van der Waals surface area contributed by atoms with Crippen LogP contribution in [0.4, 0.5) is 0 Å². The van der Waals surface area contributed by atoms with Gasteiger partial charge in [0.15, 0.2) is 0 Å². The lowest BCUT2D eigenvalue weighted by molar-refractivity contribution is 0.356. The van der Waals surface area contributed by atoms with E-state index in [0.29, 0.717) is 0 Å². The van der Waals surface area contributed by atoms with Crippen molar-refractivity contribution in [2.45, 2.75) is 33.1 Å². The van der Waals surface area contributed by atoms with Crippen LogP contribution in [0.25, 0.3) is 0 Å². The Morgan fingerprint density at radius 2 is 1.87 bits per heavy atom. The van der Waals surface area contributed by atoms with Crippen molar-refractivity contribution in [2.24, 2.45) is 0 Å². The molecule has 0 bridgehead atoms. The van der Waals surface area contributed by atoms with Crippen molar-refractivity contribution in [2.75, 3.05) is 13.1 Å². The molecule has 1 aromatic carbocycles. The van der Waals surface area contributed by atoms with E-state index in [4.69, 9.17) is 0 Å². The molecular weight excluding hydrogens is 182 g/mol. The fraction of sp³-hybridized carbons (Fsp3) is 0.500. The van der Waals surface area contributed by atoms with Crippen LogP contribution in [-0.4, -0.2) is 18.0 Å². The number of aryl methyl sites for hydroxylation is 1. The average molecular weight is 202 g/mol. The van der Waals surface area contributed by atoms with E-state index in [1.165, 1.54) is 43.1 Å². The number of nitrogens with zero attached hydrogens (tertiary/aromatic N) is 1. The van der Waals surface area contributed by atoms with Crippen LogP contribution in [0.5, 0.6) is 0 Å². The topological polar surface area (TPSA) is 3.24 Å². The normalized spacial score (nSPS) is 17.5. The maximum atomic E-state index is 2.56. The number of hydrogen-bond acceptors (Lipinski definition) is 1. The lowest BCUT2D eigenvalue weighted by atomic mass is 9.98. The van der Waals surface area contributed by atoms with E-state index in [-0.39, 0.29) is 0 Å². The van der Waals surface area contributed by atoms with Gasteiger partial charge < -0.3 is 0 Å². The lowest BCUT2D eigenvalue weighted by Gasteiger charge is -2.27. The molecule has 1 aliphatic heterocycles. The summed E-state index contributed by atoms with van der Waals surface area (Å²) in [6.45, 7) is 6.97. The van der Waals surface area contributed by atoms with E-state index >= 15 is 0 Å². The first-order valence-corrected chi connectivity index (χ1v) is 5.99. The molecule has 0 atom stereocenters. The quantitative estimate of drug-likeness (QED) is 0.726. The summed E-state index contributed by atoms with van der Waals surface area (Å²) in [7, 11) is 0. The standard InChI is InChI=1S/C14H20N/c1-3-14(15-10-6-7-11-15)13-9-5-4-8-12(13)2/h4-5,8-9H,3,6-7,10-11H2,1-2H3. The molecule has 1 aromatic rings.